The fourth-order valence-corrected chi connectivity index (χ4v) is 2.82. The van der Waals surface area contributed by atoms with E-state index in [1.165, 1.54) is 11.3 Å². The number of ether oxygens (including phenoxy) is 1. The van der Waals surface area contributed by atoms with Crippen LogP contribution in [0, 0.1) is 6.92 Å². The van der Waals surface area contributed by atoms with Gasteiger partial charge >= 0.3 is 0 Å². The van der Waals surface area contributed by atoms with Gasteiger partial charge in [0.1, 0.15) is 5.75 Å². The van der Waals surface area contributed by atoms with Crippen LogP contribution in [0.1, 0.15) is 17.9 Å². The van der Waals surface area contributed by atoms with Crippen molar-refractivity contribution in [2.45, 2.75) is 19.8 Å². The highest BCUT2D eigenvalue weighted by atomic mass is 32.1. The Morgan fingerprint density at radius 2 is 2.04 bits per heavy atom. The van der Waals surface area contributed by atoms with Gasteiger partial charge in [0, 0.05) is 12.8 Å². The van der Waals surface area contributed by atoms with Crippen LogP contribution in [0.2, 0.25) is 0 Å². The molecule has 2 aromatic heterocycles. The van der Waals surface area contributed by atoms with Crippen LogP contribution in [0.25, 0.3) is 10.7 Å². The molecule has 140 valence electrons. The van der Waals surface area contributed by atoms with Crippen LogP contribution in [-0.4, -0.2) is 28.6 Å². The third-order valence-electron chi connectivity index (χ3n) is 3.48. The summed E-state index contributed by atoms with van der Waals surface area (Å²) in [7, 11) is 0. The van der Waals surface area contributed by atoms with Gasteiger partial charge in [-0.1, -0.05) is 23.4 Å². The van der Waals surface area contributed by atoms with Crippen molar-refractivity contribution in [2.75, 3.05) is 6.61 Å². The van der Waals surface area contributed by atoms with E-state index in [0.29, 0.717) is 17.5 Å². The fraction of sp³-hybridized carbons (Fsp3) is 0.222. The van der Waals surface area contributed by atoms with E-state index in [9.17, 15) is 9.59 Å². The van der Waals surface area contributed by atoms with E-state index in [1.54, 1.807) is 6.07 Å². The van der Waals surface area contributed by atoms with Crippen molar-refractivity contribution in [3.8, 4) is 16.5 Å². The van der Waals surface area contributed by atoms with E-state index in [-0.39, 0.29) is 25.4 Å². The molecule has 0 atom stereocenters. The van der Waals surface area contributed by atoms with Crippen LogP contribution >= 0.6 is 11.3 Å². The predicted molar refractivity (Wildman–Crippen MR) is 98.9 cm³/mol. The lowest BCUT2D eigenvalue weighted by Gasteiger charge is -2.08. The molecule has 3 aromatic rings. The number of hydrazine groups is 1. The number of hydrogen-bond acceptors (Lipinski definition) is 7. The number of carbonyl (C=O) groups is 2. The van der Waals surface area contributed by atoms with E-state index < -0.39 is 5.91 Å². The van der Waals surface area contributed by atoms with Crippen LogP contribution in [0.4, 0.5) is 0 Å². The lowest BCUT2D eigenvalue weighted by molar-refractivity contribution is -0.130. The number of nitrogens with one attached hydrogen (secondary N) is 2. The molecule has 2 N–H and O–H groups in total. The average molecular weight is 386 g/mol. The minimum atomic E-state index is -0.456. The maximum absolute atomic E-state index is 11.8. The van der Waals surface area contributed by atoms with E-state index in [2.05, 4.69) is 21.0 Å². The fourth-order valence-electron chi connectivity index (χ4n) is 2.17. The summed E-state index contributed by atoms with van der Waals surface area (Å²) in [5.74, 6) is 0.636. The summed E-state index contributed by atoms with van der Waals surface area (Å²) >= 11 is 1.51. The number of carbonyl (C=O) groups excluding carboxylic acids is 2. The molecule has 27 heavy (non-hydrogen) atoms. The molecular formula is C18H18N4O4S. The summed E-state index contributed by atoms with van der Waals surface area (Å²) in [6, 6.07) is 11.1. The summed E-state index contributed by atoms with van der Waals surface area (Å²) in [4.78, 5) is 28.7. The zero-order valence-electron chi connectivity index (χ0n) is 14.6. The monoisotopic (exact) mass is 386 g/mol. The molecule has 0 aliphatic rings. The molecule has 2 amide bonds. The highest BCUT2D eigenvalue weighted by molar-refractivity contribution is 7.13. The second kappa shape index (κ2) is 8.95. The largest absolute Gasteiger partial charge is 0.484 e. The van der Waals surface area contributed by atoms with Crippen molar-refractivity contribution in [1.29, 1.82) is 0 Å². The quantitative estimate of drug-likeness (QED) is 0.603. The molecular weight excluding hydrogens is 368 g/mol. The molecule has 0 radical (unpaired) electrons. The lowest BCUT2D eigenvalue weighted by Crippen LogP contribution is -2.43. The number of rotatable bonds is 7. The molecule has 0 spiro atoms. The molecule has 8 nitrogen and oxygen atoms in total. The molecule has 0 aliphatic carbocycles. The summed E-state index contributed by atoms with van der Waals surface area (Å²) < 4.78 is 10.5. The number of thiophene rings is 1. The first-order valence-corrected chi connectivity index (χ1v) is 9.12. The highest BCUT2D eigenvalue weighted by Gasteiger charge is 2.12. The third-order valence-corrected chi connectivity index (χ3v) is 4.34. The summed E-state index contributed by atoms with van der Waals surface area (Å²) in [5.41, 5.74) is 5.66. The topological polar surface area (TPSA) is 106 Å². The van der Waals surface area contributed by atoms with Gasteiger partial charge in [0.25, 0.3) is 5.91 Å². The molecule has 0 aliphatic heterocycles. The first kappa shape index (κ1) is 18.6. The number of amides is 2. The number of nitrogens with zero attached hydrogens (tertiary/aromatic N) is 2. The number of hydrogen-bond donors (Lipinski definition) is 2. The van der Waals surface area contributed by atoms with Gasteiger partial charge < -0.3 is 9.26 Å². The Kier molecular flexibility index (Phi) is 6.16. The Balaban J connectivity index is 1.36. The SMILES string of the molecule is Cc1cccc(OCC(=O)NNC(=O)CCc2nc(-c3cccs3)no2)c1. The van der Waals surface area contributed by atoms with Crippen LogP contribution in [0.5, 0.6) is 5.75 Å². The molecule has 0 fully saturated rings. The third kappa shape index (κ3) is 5.65. The van der Waals surface area contributed by atoms with Crippen molar-refractivity contribution < 1.29 is 18.8 Å². The number of benzene rings is 1. The van der Waals surface area contributed by atoms with Crippen molar-refractivity contribution in [1.82, 2.24) is 21.0 Å². The second-order valence-electron chi connectivity index (χ2n) is 5.69. The van der Waals surface area contributed by atoms with Gasteiger partial charge in [-0.25, -0.2) is 0 Å². The molecule has 0 saturated heterocycles. The molecule has 1 aromatic carbocycles. The molecule has 0 unspecified atom stereocenters. The first-order valence-electron chi connectivity index (χ1n) is 8.24. The van der Waals surface area contributed by atoms with Crippen molar-refractivity contribution in [3.63, 3.8) is 0 Å². The van der Waals surface area contributed by atoms with Crippen LogP contribution in [-0.2, 0) is 16.0 Å². The van der Waals surface area contributed by atoms with Crippen LogP contribution in [0.3, 0.4) is 0 Å². The van der Waals surface area contributed by atoms with Gasteiger partial charge in [-0.15, -0.1) is 11.3 Å². The number of aryl methyl sites for hydroxylation is 2. The van der Waals surface area contributed by atoms with Crippen LogP contribution in [0.15, 0.2) is 46.3 Å². The molecule has 9 heteroatoms. The first-order chi connectivity index (χ1) is 13.1. The predicted octanol–water partition coefficient (Wildman–Crippen LogP) is 2.27. The van der Waals surface area contributed by atoms with Gasteiger partial charge in [0.15, 0.2) is 6.61 Å². The zero-order valence-corrected chi connectivity index (χ0v) is 15.4. The van der Waals surface area contributed by atoms with E-state index in [0.717, 1.165) is 10.4 Å². The second-order valence-corrected chi connectivity index (χ2v) is 6.64. The summed E-state index contributed by atoms with van der Waals surface area (Å²) in [6.45, 7) is 1.73. The Bertz CT molecular complexity index is 908. The minimum Gasteiger partial charge on any atom is -0.484 e. The van der Waals surface area contributed by atoms with Gasteiger partial charge in [-0.2, -0.15) is 4.98 Å². The Morgan fingerprint density at radius 1 is 1.19 bits per heavy atom. The van der Waals surface area contributed by atoms with Crippen molar-refractivity contribution in [3.05, 3.63) is 53.2 Å². The maximum Gasteiger partial charge on any atom is 0.276 e. The Labute approximate surface area is 159 Å². The van der Waals surface area contributed by atoms with E-state index in [4.69, 9.17) is 9.26 Å². The van der Waals surface area contributed by atoms with Gasteiger partial charge in [0.2, 0.25) is 17.6 Å². The van der Waals surface area contributed by atoms with Gasteiger partial charge in [-0.3, -0.25) is 20.4 Å². The Hall–Kier alpha value is -3.20. The number of aromatic nitrogens is 2. The molecule has 2 heterocycles. The van der Waals surface area contributed by atoms with Crippen molar-refractivity contribution >= 4 is 23.2 Å². The van der Waals surface area contributed by atoms with E-state index >= 15 is 0 Å². The van der Waals surface area contributed by atoms with E-state index in [1.807, 2.05) is 42.6 Å². The van der Waals surface area contributed by atoms with Crippen molar-refractivity contribution in [2.24, 2.45) is 0 Å². The zero-order chi connectivity index (χ0) is 19.1. The van der Waals surface area contributed by atoms with Gasteiger partial charge in [-0.05, 0) is 36.1 Å². The minimum absolute atomic E-state index is 0.102. The normalized spacial score (nSPS) is 10.4. The average Bonchev–Trinajstić information content (AvgIpc) is 3.34. The lowest BCUT2D eigenvalue weighted by atomic mass is 10.2. The summed E-state index contributed by atoms with van der Waals surface area (Å²) in [5, 5.41) is 5.80. The van der Waals surface area contributed by atoms with Gasteiger partial charge in [0.05, 0.1) is 4.88 Å². The Morgan fingerprint density at radius 3 is 2.81 bits per heavy atom. The molecule has 0 saturated carbocycles. The maximum atomic E-state index is 11.8. The summed E-state index contributed by atoms with van der Waals surface area (Å²) in [6.07, 6.45) is 0.380. The smallest absolute Gasteiger partial charge is 0.276 e. The highest BCUT2D eigenvalue weighted by Crippen LogP contribution is 2.21. The molecule has 0 bridgehead atoms. The molecule has 3 rings (SSSR count). The van der Waals surface area contributed by atoms with Crippen LogP contribution < -0.4 is 15.6 Å². The standard InChI is InChI=1S/C18H18N4O4S/c1-12-4-2-5-13(10-12)25-11-16(24)21-20-15(23)7-8-17-19-18(22-26-17)14-6-3-9-27-14/h2-6,9-10H,7-8,11H2,1H3,(H,20,23)(H,21,24).